The molecular formula is C12H10O2. The first-order valence-electron chi connectivity index (χ1n) is 4.79. The minimum absolute atomic E-state index is 0.185. The highest BCUT2D eigenvalue weighted by atomic mass is 16.4. The topological polar surface area (TPSA) is 37.3 Å². The van der Waals surface area contributed by atoms with Gasteiger partial charge in [0.25, 0.3) is 0 Å². The van der Waals surface area contributed by atoms with Gasteiger partial charge in [0.05, 0.1) is 5.92 Å². The fourth-order valence-corrected chi connectivity index (χ4v) is 2.47. The molecule has 1 saturated carbocycles. The van der Waals surface area contributed by atoms with E-state index >= 15 is 0 Å². The van der Waals surface area contributed by atoms with E-state index in [0.29, 0.717) is 0 Å². The number of hydrogen-bond acceptors (Lipinski definition) is 1. The van der Waals surface area contributed by atoms with Crippen molar-refractivity contribution < 1.29 is 9.90 Å². The molecule has 0 aliphatic heterocycles. The normalized spacial score (nSPS) is 31.9. The van der Waals surface area contributed by atoms with E-state index in [0.717, 1.165) is 0 Å². The highest BCUT2D eigenvalue weighted by Gasteiger charge is 2.55. The molecule has 1 aromatic rings. The van der Waals surface area contributed by atoms with Gasteiger partial charge < -0.3 is 5.11 Å². The van der Waals surface area contributed by atoms with Crippen LogP contribution in [0.2, 0.25) is 0 Å². The number of allylic oxidation sites excluding steroid dienone is 1. The molecule has 3 atom stereocenters. The largest absolute Gasteiger partial charge is 0.481 e. The van der Waals surface area contributed by atoms with Crippen molar-refractivity contribution in [3.63, 3.8) is 0 Å². The maximum absolute atomic E-state index is 10.9. The van der Waals surface area contributed by atoms with Crippen LogP contribution in [-0.2, 0) is 4.79 Å². The zero-order valence-electron chi connectivity index (χ0n) is 7.55. The molecular weight excluding hydrogens is 176 g/mol. The van der Waals surface area contributed by atoms with Crippen molar-refractivity contribution >= 4 is 12.0 Å². The van der Waals surface area contributed by atoms with Crippen molar-refractivity contribution in [1.29, 1.82) is 0 Å². The summed E-state index contributed by atoms with van der Waals surface area (Å²) in [7, 11) is 0. The van der Waals surface area contributed by atoms with Crippen molar-refractivity contribution in [3.05, 3.63) is 41.5 Å². The summed E-state index contributed by atoms with van der Waals surface area (Å²) < 4.78 is 0. The van der Waals surface area contributed by atoms with Crippen LogP contribution in [-0.4, -0.2) is 11.1 Å². The second-order valence-corrected chi connectivity index (χ2v) is 3.96. The molecule has 2 aliphatic carbocycles. The quantitative estimate of drug-likeness (QED) is 0.729. The Balaban J connectivity index is 2.06. The summed E-state index contributed by atoms with van der Waals surface area (Å²) in [5.74, 6) is -0.382. The zero-order chi connectivity index (χ0) is 9.71. The molecule has 3 rings (SSSR count). The maximum Gasteiger partial charge on any atom is 0.307 e. The second-order valence-electron chi connectivity index (χ2n) is 3.96. The van der Waals surface area contributed by atoms with Gasteiger partial charge >= 0.3 is 5.97 Å². The van der Waals surface area contributed by atoms with Gasteiger partial charge in [0, 0.05) is 5.92 Å². The third kappa shape index (κ3) is 0.882. The van der Waals surface area contributed by atoms with Gasteiger partial charge in [0.1, 0.15) is 0 Å². The Bertz CT molecular complexity index is 434. The summed E-state index contributed by atoms with van der Waals surface area (Å²) in [6.07, 6.45) is 4.07. The van der Waals surface area contributed by atoms with E-state index in [4.69, 9.17) is 5.11 Å². The third-order valence-corrected chi connectivity index (χ3v) is 3.21. The van der Waals surface area contributed by atoms with E-state index in [1.165, 1.54) is 11.1 Å². The SMILES string of the molecule is O=C(O)[C@@H]1[C@H]2C=Cc3ccccc3[C@H]21. The van der Waals surface area contributed by atoms with Crippen LogP contribution in [0.15, 0.2) is 30.3 Å². The first kappa shape index (κ1) is 7.80. The zero-order valence-corrected chi connectivity index (χ0v) is 7.55. The highest BCUT2D eigenvalue weighted by molar-refractivity contribution is 5.80. The number of aliphatic carboxylic acids is 1. The molecule has 2 aliphatic rings. The monoisotopic (exact) mass is 186 g/mol. The molecule has 1 N–H and O–H groups in total. The molecule has 0 saturated heterocycles. The summed E-state index contributed by atoms with van der Waals surface area (Å²) in [5.41, 5.74) is 2.38. The lowest BCUT2D eigenvalue weighted by Gasteiger charge is -2.07. The van der Waals surface area contributed by atoms with Crippen molar-refractivity contribution in [1.82, 2.24) is 0 Å². The number of benzene rings is 1. The molecule has 14 heavy (non-hydrogen) atoms. The summed E-state index contributed by atoms with van der Waals surface area (Å²) in [4.78, 5) is 10.9. The van der Waals surface area contributed by atoms with E-state index in [1.807, 2.05) is 36.4 Å². The van der Waals surface area contributed by atoms with Crippen LogP contribution in [0, 0.1) is 11.8 Å². The minimum atomic E-state index is -0.665. The number of carboxylic acids is 1. The minimum Gasteiger partial charge on any atom is -0.481 e. The Labute approximate surface area is 81.9 Å². The van der Waals surface area contributed by atoms with Crippen LogP contribution in [0.25, 0.3) is 6.08 Å². The molecule has 0 radical (unpaired) electrons. The van der Waals surface area contributed by atoms with E-state index in [9.17, 15) is 4.79 Å². The average Bonchev–Trinajstić information content (AvgIpc) is 2.92. The fourth-order valence-electron chi connectivity index (χ4n) is 2.47. The first-order chi connectivity index (χ1) is 6.79. The standard InChI is InChI=1S/C12H10O2/c13-12(14)11-9-6-5-7-3-1-2-4-8(7)10(9)11/h1-6,9-11H,(H,13,14)/t9-,10+,11+/m0/s1. The van der Waals surface area contributed by atoms with E-state index in [1.54, 1.807) is 0 Å². The van der Waals surface area contributed by atoms with Crippen LogP contribution in [0.1, 0.15) is 17.0 Å². The number of rotatable bonds is 1. The highest BCUT2D eigenvalue weighted by Crippen LogP contribution is 2.58. The maximum atomic E-state index is 10.9. The fraction of sp³-hybridized carbons (Fsp3) is 0.250. The number of carbonyl (C=O) groups is 1. The molecule has 0 spiro atoms. The Kier molecular flexibility index (Phi) is 1.38. The van der Waals surface area contributed by atoms with Gasteiger partial charge in [-0.05, 0) is 17.0 Å². The lowest BCUT2D eigenvalue weighted by Crippen LogP contribution is -1.99. The van der Waals surface area contributed by atoms with Crippen LogP contribution >= 0.6 is 0 Å². The molecule has 2 heteroatoms. The van der Waals surface area contributed by atoms with Crippen molar-refractivity contribution in [2.45, 2.75) is 5.92 Å². The molecule has 0 amide bonds. The summed E-state index contributed by atoms with van der Waals surface area (Å²) in [5, 5.41) is 8.98. The third-order valence-electron chi connectivity index (χ3n) is 3.21. The molecule has 0 aromatic heterocycles. The summed E-state index contributed by atoms with van der Waals surface area (Å²) >= 11 is 0. The number of hydrogen-bond donors (Lipinski definition) is 1. The van der Waals surface area contributed by atoms with Crippen LogP contribution in [0.4, 0.5) is 0 Å². The second kappa shape index (κ2) is 2.47. The summed E-state index contributed by atoms with van der Waals surface area (Å²) in [6, 6.07) is 8.05. The van der Waals surface area contributed by atoms with Gasteiger partial charge in [-0.3, -0.25) is 4.79 Å². The van der Waals surface area contributed by atoms with Crippen molar-refractivity contribution in [2.75, 3.05) is 0 Å². The average molecular weight is 186 g/mol. The Morgan fingerprint density at radius 1 is 1.29 bits per heavy atom. The van der Waals surface area contributed by atoms with Crippen molar-refractivity contribution in [3.8, 4) is 0 Å². The van der Waals surface area contributed by atoms with Crippen LogP contribution in [0.5, 0.6) is 0 Å². The van der Waals surface area contributed by atoms with Gasteiger partial charge in [-0.25, -0.2) is 0 Å². The lowest BCUT2D eigenvalue weighted by molar-refractivity contribution is -0.138. The molecule has 0 unspecified atom stereocenters. The molecule has 1 fully saturated rings. The molecule has 0 heterocycles. The Hall–Kier alpha value is -1.57. The smallest absolute Gasteiger partial charge is 0.307 e. The number of fused-ring (bicyclic) bond motifs is 3. The van der Waals surface area contributed by atoms with Gasteiger partial charge in [-0.15, -0.1) is 0 Å². The molecule has 70 valence electrons. The molecule has 0 bridgehead atoms. The molecule has 2 nitrogen and oxygen atoms in total. The van der Waals surface area contributed by atoms with Gasteiger partial charge in [0.15, 0.2) is 0 Å². The summed E-state index contributed by atoms with van der Waals surface area (Å²) in [6.45, 7) is 0. The van der Waals surface area contributed by atoms with Crippen molar-refractivity contribution in [2.24, 2.45) is 11.8 Å². The van der Waals surface area contributed by atoms with E-state index in [-0.39, 0.29) is 17.8 Å². The van der Waals surface area contributed by atoms with Crippen LogP contribution < -0.4 is 0 Å². The van der Waals surface area contributed by atoms with Gasteiger partial charge in [-0.1, -0.05) is 36.4 Å². The Morgan fingerprint density at radius 3 is 2.86 bits per heavy atom. The predicted octanol–water partition coefficient (Wildman–Crippen LogP) is 2.13. The Morgan fingerprint density at radius 2 is 2.07 bits per heavy atom. The van der Waals surface area contributed by atoms with E-state index in [2.05, 4.69) is 0 Å². The van der Waals surface area contributed by atoms with Gasteiger partial charge in [0.2, 0.25) is 0 Å². The lowest BCUT2D eigenvalue weighted by atomic mass is 9.97. The predicted molar refractivity (Wildman–Crippen MR) is 52.8 cm³/mol. The van der Waals surface area contributed by atoms with Gasteiger partial charge in [-0.2, -0.15) is 0 Å². The number of carboxylic acid groups (broad SMARTS) is 1. The first-order valence-corrected chi connectivity index (χ1v) is 4.79. The molecule has 1 aromatic carbocycles. The van der Waals surface area contributed by atoms with Crippen LogP contribution in [0.3, 0.4) is 0 Å². The van der Waals surface area contributed by atoms with E-state index < -0.39 is 5.97 Å².